The molecule has 0 saturated carbocycles. The van der Waals surface area contributed by atoms with E-state index in [4.69, 9.17) is 75.8 Å². The van der Waals surface area contributed by atoms with Crippen LogP contribution in [0.15, 0.2) is 84.9 Å². The molecule has 3 aromatic carbocycles. The molecule has 37 heteroatoms. The number of benzene rings is 3. The third kappa shape index (κ3) is 38.1. The minimum atomic E-state index is -1.35. The van der Waals surface area contributed by atoms with Crippen LogP contribution < -0.4 is 0 Å². The number of carbonyl (C=O) groups is 10. The number of rotatable bonds is 38. The number of ether oxygens (including phenoxy) is 16. The van der Waals surface area contributed by atoms with E-state index in [9.17, 15) is 88.8 Å². The van der Waals surface area contributed by atoms with Gasteiger partial charge in [0.15, 0.2) is 36.6 Å². The molecule has 135 heavy (non-hydrogen) atoms. The second-order valence-corrected chi connectivity index (χ2v) is 35.2. The van der Waals surface area contributed by atoms with Crippen molar-refractivity contribution in [2.24, 2.45) is 23.7 Å². The molecule has 8 N–H and O–H groups in total. The Labute approximate surface area is 832 Å². The highest BCUT2D eigenvalue weighted by Gasteiger charge is 2.55. The maximum atomic E-state index is 12.1. The average Bonchev–Trinajstić information content (AvgIpc) is 0.786. The second kappa shape index (κ2) is 60.6. The van der Waals surface area contributed by atoms with E-state index in [0.29, 0.717) is 57.3 Å². The van der Waals surface area contributed by atoms with Crippen LogP contribution in [0.3, 0.4) is 0 Å². The molecule has 0 amide bonds. The highest BCUT2D eigenvalue weighted by molar-refractivity contribution is 15.0. The van der Waals surface area contributed by atoms with Gasteiger partial charge in [0, 0.05) is 118 Å². The number of aliphatic hydroxyl groups is 8. The molecule has 0 aliphatic carbocycles. The van der Waals surface area contributed by atoms with E-state index in [-0.39, 0.29) is 110 Å². The second-order valence-electron chi connectivity index (χ2n) is 35.2. The van der Waals surface area contributed by atoms with Gasteiger partial charge >= 0.3 is 59.7 Å². The summed E-state index contributed by atoms with van der Waals surface area (Å²) in [5.41, 5.74) is 6.36. The lowest BCUT2D eigenvalue weighted by atomic mass is 9.79. The van der Waals surface area contributed by atoms with Gasteiger partial charge in [-0.1, -0.05) is 139 Å². The van der Waals surface area contributed by atoms with Gasteiger partial charge in [-0.25, -0.2) is 0 Å². The van der Waals surface area contributed by atoms with Crippen molar-refractivity contribution in [2.75, 3.05) is 26.4 Å². The molecule has 0 bridgehead atoms. The molecule has 6 heterocycles. The third-order valence-corrected chi connectivity index (χ3v) is 25.0. The van der Waals surface area contributed by atoms with E-state index in [1.807, 2.05) is 72.8 Å². The predicted molar refractivity (Wildman–Crippen MR) is 519 cm³/mol. The average molecular weight is 2250 g/mol. The Morgan fingerprint density at radius 2 is 0.526 bits per heavy atom. The van der Waals surface area contributed by atoms with Gasteiger partial charge in [0.05, 0.1) is 55.9 Å². The Morgan fingerprint density at radius 3 is 0.822 bits per heavy atom. The van der Waals surface area contributed by atoms with Gasteiger partial charge < -0.3 is 117 Å². The first-order valence-corrected chi connectivity index (χ1v) is 52.5. The zero-order chi connectivity index (χ0) is 99.3. The zero-order valence-electron chi connectivity index (χ0n) is 80.1. The maximum Gasteiger partial charge on any atom is 0.303 e. The van der Waals surface area contributed by atoms with Crippen LogP contribution in [0, 0.1) is 23.7 Å². The summed E-state index contributed by atoms with van der Waals surface area (Å²) in [6.07, 6.45) is -3.41. The number of aryl methyl sites for hydroxylation is 4. The number of aliphatic hydroxyl groups excluding tert-OH is 8. The van der Waals surface area contributed by atoms with Crippen molar-refractivity contribution >= 4 is 133 Å². The van der Waals surface area contributed by atoms with E-state index >= 15 is 0 Å². The van der Waals surface area contributed by atoms with Crippen molar-refractivity contribution in [1.29, 1.82) is 0 Å². The van der Waals surface area contributed by atoms with Crippen molar-refractivity contribution in [3.8, 4) is 0 Å². The quantitative estimate of drug-likeness (QED) is 0.0150. The van der Waals surface area contributed by atoms with Crippen LogP contribution >= 0.6 is 61.2 Å². The molecule has 0 unspecified atom stereocenters. The number of halogens is 3. The number of hydrogen-bond donors (Lipinski definition) is 8. The molecule has 760 valence electrons. The normalized spacial score (nSPS) is 31.5. The molecular formula is C98H143I3O34. The van der Waals surface area contributed by atoms with Gasteiger partial charge in [-0.05, 0) is 148 Å². The Balaban J connectivity index is 0.000000359. The molecule has 0 radical (unpaired) electrons. The van der Waals surface area contributed by atoms with Crippen molar-refractivity contribution in [3.63, 3.8) is 0 Å². The molecule has 0 spiro atoms. The summed E-state index contributed by atoms with van der Waals surface area (Å²) in [4.78, 5) is 119. The topological polar surface area (TPSA) is 480 Å². The van der Waals surface area contributed by atoms with E-state index in [2.05, 4.69) is 103 Å². The molecule has 6 saturated heterocycles. The number of esters is 10. The molecule has 34 nitrogen and oxygen atoms in total. The van der Waals surface area contributed by atoms with Gasteiger partial charge in [-0.15, -0.1) is 24.0 Å². The first-order valence-electron chi connectivity index (χ1n) is 46.3. The highest BCUT2D eigenvalue weighted by Crippen LogP contribution is 2.40. The minimum absolute atomic E-state index is 0. The van der Waals surface area contributed by atoms with Crippen molar-refractivity contribution < 1.29 is 165 Å². The standard InChI is InChI=1S/C37H54O12.C37H50O12.C24H38O10.I2.HI/c2*1-9-30-21(2)22(3)34(44-24(5)39)31(48-30)14-10-12-28-16-18-29(19-17-28)13-11-15-32-35(45-25(6)40)37(47-27(8)42)36(46-26(7)41)33(49-32)20-43-23(4)38;25-11-17-21(29)23(31)19(27)15(33-17)5-1-3-13-7-9-14(10-8-13)4-2-6-16-20(28)24(32)22(30)18(12-26)34-16;1-2;/h16-19,21-22,30-37H,9-15,20H2,1-8H3;10-13,16-19,21-22,30-37H,9,14-15,20H2,1-8H3;7-10,15-32H,1-6,11-12H2;;1H/b;12-10+,13-11+;;;/t2*21-,22-,30+,31+,32+,33+,34-,35+,36+,37+;15-,16-,17-,18-,19-,20-,21-,22-,23-,24-;;/m001../s1. The fourth-order valence-electron chi connectivity index (χ4n) is 18.0. The van der Waals surface area contributed by atoms with Crippen LogP contribution in [-0.2, 0) is 149 Å². The lowest BCUT2D eigenvalue weighted by molar-refractivity contribution is -0.253. The van der Waals surface area contributed by atoms with Crippen molar-refractivity contribution in [3.05, 3.63) is 118 Å². The fourth-order valence-corrected chi connectivity index (χ4v) is 18.0. The number of hydrogen-bond acceptors (Lipinski definition) is 34. The Hall–Kier alpha value is -6.53. The van der Waals surface area contributed by atoms with E-state index in [1.54, 1.807) is 0 Å². The van der Waals surface area contributed by atoms with Gasteiger partial charge in [-0.3, -0.25) is 47.9 Å². The molecule has 6 fully saturated rings. The predicted octanol–water partition coefficient (Wildman–Crippen LogP) is 10.2. The SMILES string of the molecule is CC[C@H]1O[C@H](C/C=C/c2ccc(/C=C/C[C@H]3O[C@H](COC(C)=O)[C@@H](OC(C)=O)[C@H](OC(C)=O)[C@@H]3OC(C)=O)cc2)[C@@H](OC(C)=O)[C@@H](C)[C@@H]1C.CC[C@H]1O[C@H](CCCc2ccc(CCC[C@H]3O[C@H](COC(C)=O)[C@@H](OC(C)=O)[C@H](OC(C)=O)[C@@H]3OC(C)=O)cc2)[C@@H](OC(C)=O)[C@@H](C)[C@@H]1C.I.II.OC[C@H]1O[C@H](CCCc2ccc(CCC[C@H]3O[C@H](CO)[C@@H](O)[C@H](O)[C@@H]3O)cc2)[C@@H](O)[C@@H](O)[C@@H]1O. The lowest BCUT2D eigenvalue weighted by Crippen LogP contribution is -2.62. The monoisotopic (exact) mass is 2240 g/mol. The minimum Gasteiger partial charge on any atom is -0.463 e. The summed E-state index contributed by atoms with van der Waals surface area (Å²) in [5.74, 6) is -4.67. The van der Waals surface area contributed by atoms with Crippen molar-refractivity contribution in [1.82, 2.24) is 0 Å². The zero-order valence-corrected chi connectivity index (χ0v) is 86.7. The Kier molecular flexibility index (Phi) is 53.4. The van der Waals surface area contributed by atoms with Gasteiger partial charge in [0.2, 0.25) is 0 Å². The van der Waals surface area contributed by atoms with E-state index in [1.165, 1.54) is 74.8 Å². The van der Waals surface area contributed by atoms with Crippen LogP contribution in [0.5, 0.6) is 0 Å². The largest absolute Gasteiger partial charge is 0.463 e. The summed E-state index contributed by atoms with van der Waals surface area (Å²) in [6, 6.07) is 24.2. The smallest absolute Gasteiger partial charge is 0.303 e. The van der Waals surface area contributed by atoms with Crippen LogP contribution in [-0.4, -0.2) is 286 Å². The first-order chi connectivity index (χ1) is 63.6. The Bertz CT molecular complexity index is 4110. The van der Waals surface area contributed by atoms with Crippen LogP contribution in [0.2, 0.25) is 0 Å². The van der Waals surface area contributed by atoms with Gasteiger partial charge in [-0.2, -0.15) is 0 Å². The number of carbonyl (C=O) groups excluding carboxylic acids is 10. The van der Waals surface area contributed by atoms with E-state index in [0.717, 1.165) is 72.8 Å². The molecule has 30 atom stereocenters. The first kappa shape index (κ1) is 119. The molecule has 6 aliphatic heterocycles. The molecule has 3 aromatic rings. The lowest BCUT2D eigenvalue weighted by Gasteiger charge is -2.44. The van der Waals surface area contributed by atoms with Crippen LogP contribution in [0.1, 0.15) is 221 Å². The summed E-state index contributed by atoms with van der Waals surface area (Å²) < 4.78 is 90.9. The molecular weight excluding hydrogens is 2100 g/mol. The van der Waals surface area contributed by atoms with Crippen LogP contribution in [0.4, 0.5) is 0 Å². The van der Waals surface area contributed by atoms with E-state index < -0.39 is 183 Å². The summed E-state index contributed by atoms with van der Waals surface area (Å²) >= 11 is 4.24. The third-order valence-electron chi connectivity index (χ3n) is 25.0. The molecule has 9 rings (SSSR count). The van der Waals surface area contributed by atoms with Crippen molar-refractivity contribution in [2.45, 2.75) is 372 Å². The maximum absolute atomic E-state index is 12.1. The van der Waals surface area contributed by atoms with Gasteiger partial charge in [0.25, 0.3) is 0 Å². The summed E-state index contributed by atoms with van der Waals surface area (Å²) in [5, 5.41) is 78.3. The molecule has 6 aliphatic rings. The van der Waals surface area contributed by atoms with Gasteiger partial charge in [0.1, 0.15) is 92.6 Å². The highest BCUT2D eigenvalue weighted by atomic mass is 128. The fraction of sp³-hybridized carbons (Fsp3) is 0.673. The van der Waals surface area contributed by atoms with Crippen LogP contribution in [0.25, 0.3) is 12.2 Å². The molecule has 0 aromatic heterocycles. The summed E-state index contributed by atoms with van der Waals surface area (Å²) in [6.45, 7) is 24.0. The summed E-state index contributed by atoms with van der Waals surface area (Å²) in [7, 11) is 0. The Morgan fingerprint density at radius 1 is 0.296 bits per heavy atom.